The number of Topliss-reactive ketones (excluding diaryl/α,β-unsaturated/α-hetero) is 1. The minimum atomic E-state index is -4.27. The van der Waals surface area contributed by atoms with Crippen molar-refractivity contribution in [2.24, 2.45) is 69.3 Å². The Morgan fingerprint density at radius 1 is 0.576 bits per heavy atom. The van der Waals surface area contributed by atoms with Crippen molar-refractivity contribution in [3.63, 3.8) is 0 Å². The number of carboxylic acids is 1. The van der Waals surface area contributed by atoms with Crippen LogP contribution in [0.1, 0.15) is 236 Å². The van der Waals surface area contributed by atoms with Crippen molar-refractivity contribution in [3.05, 3.63) is 47.8 Å². The van der Waals surface area contributed by atoms with Crippen LogP contribution in [0, 0.1) is 63.6 Å². The summed E-state index contributed by atoms with van der Waals surface area (Å²) in [7, 11) is -5.16. The Bertz CT molecular complexity index is 4960. The van der Waals surface area contributed by atoms with E-state index in [4.69, 9.17) is 34.2 Å². The largest absolute Gasteiger partial charge is 0.497 e. The molecule has 28 nitrogen and oxygen atoms in total. The van der Waals surface area contributed by atoms with Gasteiger partial charge in [-0.2, -0.15) is 17.6 Å². The van der Waals surface area contributed by atoms with Crippen LogP contribution in [0.2, 0.25) is 0 Å². The second-order valence-electron chi connectivity index (χ2n) is 38.0. The van der Waals surface area contributed by atoms with E-state index in [0.717, 1.165) is 0 Å². The Balaban J connectivity index is 0.000000222. The maximum Gasteiger partial charge on any atom is 0.326 e. The fraction of sp³-hybridized carbons (Fsp3) is 0.721. The third-order valence-corrected chi connectivity index (χ3v) is 31.0. The van der Waals surface area contributed by atoms with Gasteiger partial charge in [-0.05, 0) is 151 Å². The number of amides is 4. The highest BCUT2D eigenvalue weighted by molar-refractivity contribution is 7.92. The van der Waals surface area contributed by atoms with Crippen LogP contribution in [0.4, 0.5) is 35.1 Å². The number of aliphatic carboxylic acids is 1. The molecule has 8 fully saturated rings. The monoisotopic (exact) mass is 1830 g/mol. The molecule has 2 aromatic carbocycles. The van der Waals surface area contributed by atoms with Gasteiger partial charge in [0.15, 0.2) is 17.2 Å². The van der Waals surface area contributed by atoms with Crippen molar-refractivity contribution in [2.45, 2.75) is 301 Å². The maximum absolute atomic E-state index is 16.4. The van der Waals surface area contributed by atoms with Crippen LogP contribution in [-0.2, 0) is 79.7 Å². The average molecular weight is 1830 g/mol. The number of rotatable bonds is 18. The van der Waals surface area contributed by atoms with E-state index < -0.39 is 232 Å². The van der Waals surface area contributed by atoms with Gasteiger partial charge < -0.3 is 49.1 Å². The van der Waals surface area contributed by atoms with Crippen LogP contribution in [-0.4, -0.2) is 191 Å². The van der Waals surface area contributed by atoms with Crippen molar-refractivity contribution in [2.75, 3.05) is 27.3 Å². The lowest BCUT2D eigenvalue weighted by atomic mass is 9.77. The lowest BCUT2D eigenvalue weighted by molar-refractivity contribution is -0.157. The summed E-state index contributed by atoms with van der Waals surface area (Å²) >= 11 is 0. The Labute approximate surface area is 729 Å². The highest BCUT2D eigenvalue weighted by atomic mass is 35.5. The zero-order valence-electron chi connectivity index (χ0n) is 71.7. The van der Waals surface area contributed by atoms with Crippen LogP contribution in [0.15, 0.2) is 36.4 Å². The zero-order valence-corrected chi connectivity index (χ0v) is 74.1. The first-order chi connectivity index (χ1) is 57.4. The number of carbonyl (C=O) groups excluding carboxylic acids is 7. The number of alkyl halides is 8. The normalized spacial score (nSPS) is 30.4. The maximum atomic E-state index is 16.4. The van der Waals surface area contributed by atoms with E-state index in [2.05, 4.69) is 19.9 Å². The van der Waals surface area contributed by atoms with Gasteiger partial charge in [-0.1, -0.05) is 88.5 Å². The van der Waals surface area contributed by atoms with Crippen LogP contribution in [0.5, 0.6) is 23.3 Å². The van der Waals surface area contributed by atoms with Gasteiger partial charge in [0.25, 0.3) is 17.8 Å². The standard InChI is InChI=1S/C43H56F4N4O9S.C33H43F2N3O7.C9H14F2N2O3S.CH4.ClH/c1-7-10-25-32-22-51(34(25)30(52)21-42(20-27(42)36(44)45)39(55)50-61(56,57)41(5)15-16-41)38(54)26(40(2,3)4)19-33(53)59-31-17-23(31)11-8-9-14-43(46,47)35-37(60-32)49-29-18-24(58-6)12-13-28(29)48-35;1-6-9-20-25-17-38(27(20)31(41)42)30(40)21(32(2,3)4)16-26(39)44-24-14-18(24)10-7-8-13-33(34,35)28-29(45-25)37-23-15-19(43-5)11-12-22(23)36-28;1-8(2-3-8)17(15,16)13-7(14)9(12)4-5(9)6(10)11;;/h12-13,18,23,25-27,31-32,34,36H,7-11,14-17,19-22H2,1-6H3,(H,50,55);11-12,15,18,20-21,24-25,27H,6-10,13-14,16-17H2,1-5H3,(H,41,42);5-6H,2-4,12H2,1H3,(H,13,14);1H4;1H/t23-,25-,26-,27+,31-,32+,34+,42-;18-,20-,21-,24-,25+,27+;5-,9+;;/m110../s1. The number of fused-ring (bicyclic) bond motifs is 10. The number of halogens is 9. The van der Waals surface area contributed by atoms with E-state index in [9.17, 15) is 73.1 Å². The van der Waals surface area contributed by atoms with Gasteiger partial charge in [0.05, 0.1) is 95.0 Å². The van der Waals surface area contributed by atoms with Crippen molar-refractivity contribution >= 4 is 102 Å². The highest BCUT2D eigenvalue weighted by Gasteiger charge is 2.68. The quantitative estimate of drug-likeness (QED) is 0.0531. The summed E-state index contributed by atoms with van der Waals surface area (Å²) in [5.74, 6) is -19.9. The third kappa shape index (κ3) is 21.4. The lowest BCUT2D eigenvalue weighted by Crippen LogP contribution is -2.50. The Kier molecular flexibility index (Phi) is 29.4. The lowest BCUT2D eigenvalue weighted by Gasteiger charge is -2.35. The smallest absolute Gasteiger partial charge is 0.326 e. The summed E-state index contributed by atoms with van der Waals surface area (Å²) in [5.41, 5.74) is -0.417. The summed E-state index contributed by atoms with van der Waals surface area (Å²) < 4.78 is 204. The number of hydrogen-bond acceptors (Lipinski definition) is 23. The molecule has 4 aliphatic heterocycles. The molecule has 0 spiro atoms. The van der Waals surface area contributed by atoms with Crippen molar-refractivity contribution in [1.29, 1.82) is 0 Å². The fourth-order valence-corrected chi connectivity index (χ4v) is 20.3. The van der Waals surface area contributed by atoms with E-state index in [0.29, 0.717) is 82.1 Å². The van der Waals surface area contributed by atoms with Crippen LogP contribution >= 0.6 is 12.4 Å². The number of hydrogen-bond donors (Lipinski definition) is 4. The zero-order chi connectivity index (χ0) is 90.2. The summed E-state index contributed by atoms with van der Waals surface area (Å²) in [6, 6.07) is 6.60. The number of nitrogens with two attached hydrogens (primary N) is 1. The minimum absolute atomic E-state index is 0. The second-order valence-corrected chi connectivity index (χ2v) is 42.4. The molecule has 6 saturated carbocycles. The number of ether oxygens (including phenoxy) is 6. The number of nitrogens with zero attached hydrogens (tertiary/aromatic N) is 6. The molecule has 4 bridgehead atoms. The molecule has 0 unspecified atom stereocenters. The van der Waals surface area contributed by atoms with E-state index in [1.807, 2.05) is 37.1 Å². The number of ketones is 1. The first-order valence-electron chi connectivity index (χ1n) is 42.5. The fourth-order valence-electron chi connectivity index (χ4n) is 17.6. The summed E-state index contributed by atoms with van der Waals surface area (Å²) in [6.07, 6.45) is -5.04. The molecule has 5 N–H and O–H groups in total. The van der Waals surface area contributed by atoms with Crippen molar-refractivity contribution in [3.8, 4) is 23.3 Å². The molecule has 0 radical (unpaired) electrons. The van der Waals surface area contributed by atoms with E-state index in [1.54, 1.807) is 52.0 Å². The van der Waals surface area contributed by atoms with Crippen molar-refractivity contribution in [1.82, 2.24) is 39.2 Å². The molecule has 6 aliphatic carbocycles. The molecule has 696 valence electrons. The molecule has 2 aromatic heterocycles. The van der Waals surface area contributed by atoms with Gasteiger partial charge in [0.2, 0.25) is 62.4 Å². The predicted molar refractivity (Wildman–Crippen MR) is 443 cm³/mol. The topological polar surface area (TPSA) is 389 Å². The molecule has 16 atom stereocenters. The van der Waals surface area contributed by atoms with E-state index in [1.165, 1.54) is 50.0 Å². The predicted octanol–water partition coefficient (Wildman–Crippen LogP) is 13.7. The Morgan fingerprint density at radius 3 is 1.34 bits per heavy atom. The van der Waals surface area contributed by atoms with Crippen LogP contribution in [0.3, 0.4) is 0 Å². The number of sulfonamides is 2. The molecule has 39 heteroatoms. The van der Waals surface area contributed by atoms with E-state index >= 15 is 22.4 Å². The SMILES string of the molecule is C.CC1(S(=O)(=O)NC(=O)[C@@]2(N)C[C@H]2C(F)F)CC1.CCC[C@@H]1[C@@H]2CN(C(=O)[C@H](C(C)(C)C)CC(=O)O[C@@H]3C[C@H]3CCCCC(F)(F)c3nc4ccc(OC)cc4nc3O2)[C@@H]1C(=O)C[C@]1(C(=O)NS(=O)(=O)C2(C)CC2)C[C@H]1C(F)F.CCC[C@@H]1[C@@H]2CN(C(=O)[C@H](C(C)(C)C)CC(=O)O[C@@H]3C[C@H]3CCCCC(F)(F)c3nc4ccc(OC)cc4nc3O2)[C@@H]1C(=O)O.Cl. The molecule has 6 heterocycles. The summed E-state index contributed by atoms with van der Waals surface area (Å²) in [5, 5.41) is 10.4. The van der Waals surface area contributed by atoms with Gasteiger partial charge in [-0.3, -0.25) is 43.0 Å². The number of carbonyl (C=O) groups is 8. The van der Waals surface area contributed by atoms with Gasteiger partial charge in [0.1, 0.15) is 47.5 Å². The number of aromatic nitrogens is 4. The van der Waals surface area contributed by atoms with E-state index in [-0.39, 0.29) is 130 Å². The molecule has 10 aliphatic rings. The third-order valence-electron chi connectivity index (χ3n) is 26.6. The number of nitrogens with one attached hydrogen (secondary N) is 2. The molecular weight excluding hydrogens is 1710 g/mol. The Morgan fingerprint density at radius 2 is 0.976 bits per heavy atom. The Hall–Kier alpha value is -8.13. The highest BCUT2D eigenvalue weighted by Crippen LogP contribution is 2.60. The first kappa shape index (κ1) is 99.0. The summed E-state index contributed by atoms with van der Waals surface area (Å²) in [4.78, 5) is 129. The number of benzene rings is 2. The van der Waals surface area contributed by atoms with Crippen LogP contribution < -0.4 is 34.1 Å². The summed E-state index contributed by atoms with van der Waals surface area (Å²) in [6.45, 7) is 16.8. The molecule has 125 heavy (non-hydrogen) atoms. The molecule has 14 rings (SSSR count). The van der Waals surface area contributed by atoms with Gasteiger partial charge in [-0.15, -0.1) is 12.4 Å². The van der Waals surface area contributed by atoms with Gasteiger partial charge >= 0.3 is 17.9 Å². The first-order valence-corrected chi connectivity index (χ1v) is 45.4. The van der Waals surface area contributed by atoms with Crippen LogP contribution in [0.25, 0.3) is 22.1 Å². The number of methoxy groups -OCH3 is 2. The minimum Gasteiger partial charge on any atom is -0.497 e. The molecule has 2 saturated heterocycles. The number of esters is 2. The molecule has 4 amide bonds. The van der Waals surface area contributed by atoms with Gasteiger partial charge in [-0.25, -0.2) is 59.1 Å². The van der Waals surface area contributed by atoms with Gasteiger partial charge in [0, 0.05) is 55.1 Å². The number of carboxylic acid groups (broad SMARTS) is 1. The second kappa shape index (κ2) is 37.1. The molecule has 4 aromatic rings. The average Bonchev–Trinajstić information content (AvgIpc) is 1.55. The molecular formula is C86H118ClF8N9O19S2. The van der Waals surface area contributed by atoms with Crippen molar-refractivity contribution < 1.29 is 124 Å².